The molecule has 1 spiro atoms. The van der Waals surface area contributed by atoms with E-state index in [0.717, 1.165) is 24.8 Å². The number of para-hydroxylation sites is 1. The molecule has 3 heterocycles. The molecular weight excluding hydrogens is 604 g/mol. The molecule has 212 valence electrons. The first-order chi connectivity index (χ1) is 18.7. The van der Waals surface area contributed by atoms with Crippen LogP contribution in [0.2, 0.25) is 5.02 Å². The smallest absolute Gasteiger partial charge is 0.310 e. The molecule has 1 N–H and O–H groups in total. The first-order valence-corrected chi connectivity index (χ1v) is 15.6. The molecule has 0 aromatic heterocycles. The summed E-state index contributed by atoms with van der Waals surface area (Å²) in [5.41, 5.74) is 1.42. The van der Waals surface area contributed by atoms with Crippen LogP contribution < -0.4 is 4.90 Å². The van der Waals surface area contributed by atoms with Crippen molar-refractivity contribution < 1.29 is 24.2 Å². The van der Waals surface area contributed by atoms with Crippen LogP contribution in [0, 0.1) is 18.8 Å². The lowest BCUT2D eigenvalue weighted by atomic mass is 9.71. The molecule has 3 aliphatic heterocycles. The number of alkyl halides is 1. The van der Waals surface area contributed by atoms with E-state index in [4.69, 9.17) is 16.3 Å². The van der Waals surface area contributed by atoms with Crippen LogP contribution in [0.25, 0.3) is 0 Å². The highest BCUT2D eigenvalue weighted by molar-refractivity contribution is 9.09. The van der Waals surface area contributed by atoms with Gasteiger partial charge in [-0.3, -0.25) is 14.4 Å². The second kappa shape index (κ2) is 12.8. The number of ether oxygens (including phenoxy) is 1. The first-order valence-electron chi connectivity index (χ1n) is 13.4. The highest BCUT2D eigenvalue weighted by Crippen LogP contribution is 2.68. The van der Waals surface area contributed by atoms with Gasteiger partial charge in [0.2, 0.25) is 5.91 Å². The molecule has 2 bridgehead atoms. The van der Waals surface area contributed by atoms with E-state index in [1.165, 1.54) is 0 Å². The quantitative estimate of drug-likeness (QED) is 0.143. The summed E-state index contributed by atoms with van der Waals surface area (Å²) < 4.78 is 4.88. The van der Waals surface area contributed by atoms with Crippen molar-refractivity contribution in [3.63, 3.8) is 0 Å². The molecule has 0 saturated carbocycles. The molecule has 7 nitrogen and oxygen atoms in total. The van der Waals surface area contributed by atoms with Crippen molar-refractivity contribution in [2.24, 2.45) is 11.8 Å². The standard InChI is InChI=1S/C29H36BrClN2O5S/c1-4-6-7-8-16-38-28(37)21-22-26(35)33(14-10-15-34)25(29(22)17-19(30)24(21)39-29)27(36)32(13-5-2)23-18(3)11-9-12-20(23)31/h4-5,9,11-12,19,21-22,24-25,34H,1-2,6-8,10,13-17H2,3H3/t19?,21-,22+,24-,25?,29?/m1/s1. The number of aliphatic hydroxyl groups excluding tert-OH is 1. The number of amides is 2. The van der Waals surface area contributed by atoms with Gasteiger partial charge in [-0.2, -0.15) is 0 Å². The minimum absolute atomic E-state index is 0.0483. The highest BCUT2D eigenvalue weighted by atomic mass is 79.9. The van der Waals surface area contributed by atoms with E-state index in [0.29, 0.717) is 23.6 Å². The first kappa shape index (κ1) is 30.2. The van der Waals surface area contributed by atoms with Gasteiger partial charge in [-0.15, -0.1) is 24.9 Å². The molecule has 3 unspecified atom stereocenters. The number of unbranched alkanes of at least 4 members (excludes halogenated alkanes) is 2. The number of benzene rings is 1. The summed E-state index contributed by atoms with van der Waals surface area (Å²) >= 11 is 11.9. The van der Waals surface area contributed by atoms with Crippen LogP contribution in [0.15, 0.2) is 43.5 Å². The van der Waals surface area contributed by atoms with E-state index in [1.54, 1.807) is 33.7 Å². The molecule has 3 aliphatic rings. The van der Waals surface area contributed by atoms with Crippen molar-refractivity contribution in [3.8, 4) is 0 Å². The number of aryl methyl sites for hydroxylation is 1. The van der Waals surface area contributed by atoms with E-state index in [2.05, 4.69) is 29.1 Å². The Balaban J connectivity index is 1.71. The number of rotatable bonds is 13. The van der Waals surface area contributed by atoms with Crippen molar-refractivity contribution in [2.45, 2.75) is 59.9 Å². The number of anilines is 1. The van der Waals surface area contributed by atoms with Gasteiger partial charge in [-0.05, 0) is 50.7 Å². The van der Waals surface area contributed by atoms with Crippen molar-refractivity contribution in [1.29, 1.82) is 0 Å². The number of carbonyl (C=O) groups excluding carboxylic acids is 3. The molecular formula is C29H36BrClN2O5S. The predicted octanol–water partition coefficient (Wildman–Crippen LogP) is 4.91. The number of thioether (sulfide) groups is 1. The highest BCUT2D eigenvalue weighted by Gasteiger charge is 2.76. The zero-order valence-corrected chi connectivity index (χ0v) is 25.3. The Morgan fingerprint density at radius 1 is 1.31 bits per heavy atom. The largest absolute Gasteiger partial charge is 0.465 e. The molecule has 4 rings (SSSR count). The number of hydrogen-bond donors (Lipinski definition) is 1. The van der Waals surface area contributed by atoms with Crippen molar-refractivity contribution >= 4 is 62.8 Å². The Labute approximate surface area is 248 Å². The van der Waals surface area contributed by atoms with Gasteiger partial charge in [0.05, 0.1) is 33.9 Å². The predicted molar refractivity (Wildman–Crippen MR) is 159 cm³/mol. The number of esters is 1. The third-order valence-corrected chi connectivity index (χ3v) is 11.5. The van der Waals surface area contributed by atoms with E-state index in [9.17, 15) is 19.5 Å². The summed E-state index contributed by atoms with van der Waals surface area (Å²) in [6.07, 6.45) is 6.82. The van der Waals surface area contributed by atoms with Crippen molar-refractivity contribution in [2.75, 3.05) is 31.2 Å². The van der Waals surface area contributed by atoms with Crippen molar-refractivity contribution in [1.82, 2.24) is 4.90 Å². The second-order valence-corrected chi connectivity index (χ2v) is 13.5. The average Bonchev–Trinajstić information content (AvgIpc) is 3.49. The third-order valence-electron chi connectivity index (χ3n) is 7.94. The van der Waals surface area contributed by atoms with Crippen LogP contribution in [0.3, 0.4) is 0 Å². The Morgan fingerprint density at radius 2 is 2.08 bits per heavy atom. The molecule has 2 amide bonds. The van der Waals surface area contributed by atoms with Crippen LogP contribution >= 0.6 is 39.3 Å². The van der Waals surface area contributed by atoms with Crippen LogP contribution in [0.5, 0.6) is 0 Å². The number of allylic oxidation sites excluding steroid dienone is 1. The number of nitrogens with zero attached hydrogens (tertiary/aromatic N) is 2. The minimum atomic E-state index is -0.822. The van der Waals surface area contributed by atoms with E-state index < -0.39 is 22.6 Å². The molecule has 1 aromatic carbocycles. The molecule has 0 radical (unpaired) electrons. The van der Waals surface area contributed by atoms with E-state index in [1.807, 2.05) is 25.1 Å². The van der Waals surface area contributed by atoms with Gasteiger partial charge in [0.1, 0.15) is 6.04 Å². The van der Waals surface area contributed by atoms with Crippen LogP contribution in [-0.4, -0.2) is 75.0 Å². The third kappa shape index (κ3) is 5.44. The van der Waals surface area contributed by atoms with E-state index in [-0.39, 0.29) is 54.2 Å². The van der Waals surface area contributed by atoms with Gasteiger partial charge in [-0.25, -0.2) is 0 Å². The Hall–Kier alpha value is -1.81. The minimum Gasteiger partial charge on any atom is -0.465 e. The number of hydrogen-bond acceptors (Lipinski definition) is 6. The maximum absolute atomic E-state index is 14.6. The Kier molecular flexibility index (Phi) is 9.89. The van der Waals surface area contributed by atoms with E-state index >= 15 is 0 Å². The van der Waals surface area contributed by atoms with Crippen LogP contribution in [0.4, 0.5) is 5.69 Å². The SMILES string of the molecule is C=CCCCCOC(=O)[C@H]1[C@@H]2SC3(CC2Br)C(C(=O)N(CC=C)c2c(C)cccc2Cl)N(CCCO)C(=O)[C@H]13. The molecule has 3 saturated heterocycles. The van der Waals surface area contributed by atoms with Gasteiger partial charge in [0, 0.05) is 29.8 Å². The van der Waals surface area contributed by atoms with Gasteiger partial charge in [0.25, 0.3) is 5.91 Å². The molecule has 39 heavy (non-hydrogen) atoms. The van der Waals surface area contributed by atoms with Crippen molar-refractivity contribution in [3.05, 3.63) is 54.1 Å². The average molecular weight is 640 g/mol. The van der Waals surface area contributed by atoms with Gasteiger partial charge >= 0.3 is 5.97 Å². The summed E-state index contributed by atoms with van der Waals surface area (Å²) in [7, 11) is 0. The zero-order valence-electron chi connectivity index (χ0n) is 22.2. The summed E-state index contributed by atoms with van der Waals surface area (Å²) in [5.74, 6) is -2.18. The number of halogens is 2. The summed E-state index contributed by atoms with van der Waals surface area (Å²) in [6.45, 7) is 10.1. The normalized spacial score (nSPS) is 28.9. The fourth-order valence-corrected chi connectivity index (χ4v) is 10.3. The lowest BCUT2D eigenvalue weighted by Gasteiger charge is -2.38. The molecule has 3 fully saturated rings. The molecule has 10 heteroatoms. The summed E-state index contributed by atoms with van der Waals surface area (Å²) in [4.78, 5) is 45.2. The maximum atomic E-state index is 14.6. The van der Waals surface area contributed by atoms with Gasteiger partial charge in [0.15, 0.2) is 0 Å². The van der Waals surface area contributed by atoms with Gasteiger partial charge < -0.3 is 19.6 Å². The molecule has 1 aromatic rings. The molecule has 0 aliphatic carbocycles. The number of fused-ring (bicyclic) bond motifs is 1. The molecule has 6 atom stereocenters. The Morgan fingerprint density at radius 3 is 2.74 bits per heavy atom. The van der Waals surface area contributed by atoms with Gasteiger partial charge in [-0.1, -0.05) is 51.8 Å². The summed E-state index contributed by atoms with van der Waals surface area (Å²) in [6, 6.07) is 4.64. The monoisotopic (exact) mass is 638 g/mol. The lowest BCUT2D eigenvalue weighted by molar-refractivity contribution is -0.154. The number of aliphatic hydroxyl groups is 1. The fraction of sp³-hybridized carbons (Fsp3) is 0.552. The van der Waals surface area contributed by atoms with Crippen LogP contribution in [-0.2, 0) is 19.1 Å². The number of likely N-dealkylation sites (tertiary alicyclic amines) is 1. The summed E-state index contributed by atoms with van der Waals surface area (Å²) in [5, 5.41) is 9.86. The fourth-order valence-electron chi connectivity index (χ4n) is 6.35. The van der Waals surface area contributed by atoms with Crippen LogP contribution in [0.1, 0.15) is 37.7 Å². The lowest BCUT2D eigenvalue weighted by Crippen LogP contribution is -2.56. The maximum Gasteiger partial charge on any atom is 0.310 e. The second-order valence-electron chi connectivity index (χ2n) is 10.4. The zero-order chi connectivity index (χ0) is 28.3. The Bertz CT molecular complexity index is 1110. The number of carbonyl (C=O) groups is 3. The topological polar surface area (TPSA) is 87.2 Å².